The summed E-state index contributed by atoms with van der Waals surface area (Å²) in [5, 5.41) is 0. The summed E-state index contributed by atoms with van der Waals surface area (Å²) < 4.78 is 11.8. The fourth-order valence-electron chi connectivity index (χ4n) is 3.12. The van der Waals surface area contributed by atoms with Crippen LogP contribution < -0.4 is 9.47 Å². The van der Waals surface area contributed by atoms with E-state index in [1.54, 1.807) is 12.1 Å². The average Bonchev–Trinajstić information content (AvgIpc) is 2.86. The van der Waals surface area contributed by atoms with Crippen LogP contribution in [0.2, 0.25) is 0 Å². The van der Waals surface area contributed by atoms with Gasteiger partial charge in [-0.15, -0.1) is 0 Å². The maximum absolute atomic E-state index is 12.4. The van der Waals surface area contributed by atoms with E-state index in [9.17, 15) is 4.79 Å². The van der Waals surface area contributed by atoms with E-state index in [0.717, 1.165) is 34.4 Å². The molecular weight excluding hydrogens is 288 g/mol. The highest BCUT2D eigenvalue weighted by atomic mass is 16.5. The zero-order valence-electron chi connectivity index (χ0n) is 14.3. The first kappa shape index (κ1) is 15.6. The molecular formula is C20H22O3. The summed E-state index contributed by atoms with van der Waals surface area (Å²) in [6, 6.07) is 9.08. The van der Waals surface area contributed by atoms with Crippen molar-refractivity contribution in [1.29, 1.82) is 0 Å². The Hall–Kier alpha value is -2.29. The van der Waals surface area contributed by atoms with Crippen LogP contribution >= 0.6 is 0 Å². The van der Waals surface area contributed by atoms with Crippen molar-refractivity contribution in [3.05, 3.63) is 58.1 Å². The van der Waals surface area contributed by atoms with Crippen molar-refractivity contribution in [2.45, 2.75) is 46.6 Å². The summed E-state index contributed by atoms with van der Waals surface area (Å²) in [5.41, 5.74) is 4.50. The van der Waals surface area contributed by atoms with Gasteiger partial charge in [0.2, 0.25) is 0 Å². The highest BCUT2D eigenvalue weighted by Gasteiger charge is 2.35. The number of hydrogen-bond acceptors (Lipinski definition) is 3. The van der Waals surface area contributed by atoms with E-state index in [0.29, 0.717) is 11.3 Å². The zero-order valence-corrected chi connectivity index (χ0v) is 14.3. The Morgan fingerprint density at radius 3 is 2.35 bits per heavy atom. The lowest BCUT2D eigenvalue weighted by Crippen LogP contribution is -2.24. The molecule has 0 unspecified atom stereocenters. The number of rotatable bonds is 2. The highest BCUT2D eigenvalue weighted by molar-refractivity contribution is 5.91. The predicted molar refractivity (Wildman–Crippen MR) is 90.5 cm³/mol. The summed E-state index contributed by atoms with van der Waals surface area (Å²) in [5.74, 6) is 1.29. The van der Waals surface area contributed by atoms with Crippen molar-refractivity contribution in [2.75, 3.05) is 0 Å². The normalized spacial score (nSPS) is 15.0. The standard InChI is InChI=1S/C20H22O3/c1-12-13(2)18-16(11-20(4,5)23-18)14(3)17(12)22-19(21)15-9-7-6-8-10-15/h6-10H,11H2,1-5H3. The van der Waals surface area contributed by atoms with Crippen molar-refractivity contribution < 1.29 is 14.3 Å². The quantitative estimate of drug-likeness (QED) is 0.603. The lowest BCUT2D eigenvalue weighted by molar-refractivity contribution is 0.0732. The van der Waals surface area contributed by atoms with E-state index in [2.05, 4.69) is 13.8 Å². The molecule has 0 radical (unpaired) electrons. The number of ether oxygens (including phenoxy) is 2. The van der Waals surface area contributed by atoms with E-state index in [-0.39, 0.29) is 11.6 Å². The van der Waals surface area contributed by atoms with E-state index in [1.807, 2.05) is 39.0 Å². The third-order valence-electron chi connectivity index (χ3n) is 4.50. The van der Waals surface area contributed by atoms with Gasteiger partial charge in [-0.25, -0.2) is 4.79 Å². The number of esters is 1. The molecule has 0 saturated heterocycles. The predicted octanol–water partition coefficient (Wildman–Crippen LogP) is 4.54. The minimum Gasteiger partial charge on any atom is -0.487 e. The SMILES string of the molecule is Cc1c(C)c2c(c(C)c1OC(=O)c1ccccc1)CC(C)(C)O2. The van der Waals surface area contributed by atoms with Gasteiger partial charge < -0.3 is 9.47 Å². The molecule has 2 aromatic rings. The molecule has 23 heavy (non-hydrogen) atoms. The third-order valence-corrected chi connectivity index (χ3v) is 4.50. The highest BCUT2D eigenvalue weighted by Crippen LogP contribution is 2.45. The molecule has 0 atom stereocenters. The Balaban J connectivity index is 2.02. The second-order valence-corrected chi connectivity index (χ2v) is 6.81. The van der Waals surface area contributed by atoms with Gasteiger partial charge >= 0.3 is 5.97 Å². The maximum Gasteiger partial charge on any atom is 0.343 e. The van der Waals surface area contributed by atoms with Crippen molar-refractivity contribution in [3.8, 4) is 11.5 Å². The summed E-state index contributed by atoms with van der Waals surface area (Å²) >= 11 is 0. The number of fused-ring (bicyclic) bond motifs is 1. The smallest absolute Gasteiger partial charge is 0.343 e. The largest absolute Gasteiger partial charge is 0.487 e. The van der Waals surface area contributed by atoms with Crippen LogP contribution in [0.15, 0.2) is 30.3 Å². The third kappa shape index (κ3) is 2.72. The van der Waals surface area contributed by atoms with Crippen LogP contribution in [-0.4, -0.2) is 11.6 Å². The number of hydrogen-bond donors (Lipinski definition) is 0. The van der Waals surface area contributed by atoms with Crippen LogP contribution in [0.4, 0.5) is 0 Å². The molecule has 2 aromatic carbocycles. The fraction of sp³-hybridized carbons (Fsp3) is 0.350. The summed E-state index contributed by atoms with van der Waals surface area (Å²) in [6.45, 7) is 10.2. The summed E-state index contributed by atoms with van der Waals surface area (Å²) in [7, 11) is 0. The van der Waals surface area contributed by atoms with E-state index >= 15 is 0 Å². The number of carbonyl (C=O) groups is 1. The molecule has 0 spiro atoms. The minimum atomic E-state index is -0.325. The maximum atomic E-state index is 12.4. The molecule has 1 aliphatic heterocycles. The van der Waals surface area contributed by atoms with Crippen LogP contribution in [0, 0.1) is 20.8 Å². The van der Waals surface area contributed by atoms with Crippen LogP contribution in [0.25, 0.3) is 0 Å². The van der Waals surface area contributed by atoms with Crippen LogP contribution in [0.5, 0.6) is 11.5 Å². The average molecular weight is 310 g/mol. The molecule has 3 rings (SSSR count). The molecule has 1 heterocycles. The van der Waals surface area contributed by atoms with Gasteiger partial charge in [-0.05, 0) is 63.4 Å². The molecule has 0 amide bonds. The Morgan fingerprint density at radius 1 is 1.04 bits per heavy atom. The van der Waals surface area contributed by atoms with Crippen molar-refractivity contribution in [3.63, 3.8) is 0 Å². The molecule has 0 saturated carbocycles. The molecule has 0 aromatic heterocycles. The zero-order chi connectivity index (χ0) is 16.8. The first-order valence-electron chi connectivity index (χ1n) is 7.89. The van der Waals surface area contributed by atoms with Crippen LogP contribution in [0.1, 0.15) is 46.5 Å². The van der Waals surface area contributed by atoms with Gasteiger partial charge in [0.15, 0.2) is 0 Å². The van der Waals surface area contributed by atoms with E-state index < -0.39 is 0 Å². The Morgan fingerprint density at radius 2 is 1.70 bits per heavy atom. The number of carbonyl (C=O) groups excluding carboxylic acids is 1. The van der Waals surface area contributed by atoms with Gasteiger partial charge in [0.05, 0.1) is 5.56 Å². The van der Waals surface area contributed by atoms with Gasteiger partial charge in [0, 0.05) is 12.0 Å². The first-order chi connectivity index (χ1) is 10.8. The minimum absolute atomic E-state index is 0.216. The molecule has 0 aliphatic carbocycles. The van der Waals surface area contributed by atoms with Crippen LogP contribution in [0.3, 0.4) is 0 Å². The molecule has 0 N–H and O–H groups in total. The van der Waals surface area contributed by atoms with Crippen molar-refractivity contribution in [1.82, 2.24) is 0 Å². The first-order valence-corrected chi connectivity index (χ1v) is 7.89. The Kier molecular flexibility index (Phi) is 3.67. The second kappa shape index (κ2) is 5.41. The van der Waals surface area contributed by atoms with Gasteiger partial charge in [-0.2, -0.15) is 0 Å². The molecule has 3 nitrogen and oxygen atoms in total. The van der Waals surface area contributed by atoms with Gasteiger partial charge in [-0.3, -0.25) is 0 Å². The lowest BCUT2D eigenvalue weighted by atomic mass is 9.93. The van der Waals surface area contributed by atoms with Gasteiger partial charge in [0.25, 0.3) is 0 Å². The molecule has 120 valence electrons. The molecule has 3 heteroatoms. The molecule has 1 aliphatic rings. The number of benzene rings is 2. The van der Waals surface area contributed by atoms with Gasteiger partial charge in [-0.1, -0.05) is 18.2 Å². The van der Waals surface area contributed by atoms with Crippen molar-refractivity contribution >= 4 is 5.97 Å². The van der Waals surface area contributed by atoms with E-state index in [1.165, 1.54) is 0 Å². The lowest BCUT2D eigenvalue weighted by Gasteiger charge is -2.18. The Bertz CT molecular complexity index is 773. The summed E-state index contributed by atoms with van der Waals surface area (Å²) in [6.07, 6.45) is 0.825. The van der Waals surface area contributed by atoms with Crippen LogP contribution in [-0.2, 0) is 6.42 Å². The van der Waals surface area contributed by atoms with Gasteiger partial charge in [0.1, 0.15) is 17.1 Å². The fourth-order valence-corrected chi connectivity index (χ4v) is 3.12. The topological polar surface area (TPSA) is 35.5 Å². The van der Waals surface area contributed by atoms with E-state index in [4.69, 9.17) is 9.47 Å². The summed E-state index contributed by atoms with van der Waals surface area (Å²) in [4.78, 5) is 12.4. The monoisotopic (exact) mass is 310 g/mol. The Labute approximate surface area is 137 Å². The second-order valence-electron chi connectivity index (χ2n) is 6.81. The molecule has 0 fully saturated rings. The van der Waals surface area contributed by atoms with Crippen molar-refractivity contribution in [2.24, 2.45) is 0 Å². The molecule has 0 bridgehead atoms.